The SMILES string of the molecule is N[C@@H](Cc1cccc(OC(=O)[C@@H](N)Cc2cccc(O)c2)c1)C(=O)O. The van der Waals surface area contributed by atoms with Gasteiger partial charge in [-0.05, 0) is 48.2 Å². The van der Waals surface area contributed by atoms with Gasteiger partial charge in [-0.25, -0.2) is 4.79 Å². The summed E-state index contributed by atoms with van der Waals surface area (Å²) in [4.78, 5) is 22.9. The smallest absolute Gasteiger partial charge is 0.328 e. The molecule has 0 saturated heterocycles. The van der Waals surface area contributed by atoms with Crippen LogP contribution >= 0.6 is 0 Å². The Morgan fingerprint density at radius 3 is 2.20 bits per heavy atom. The average molecular weight is 344 g/mol. The molecule has 0 amide bonds. The van der Waals surface area contributed by atoms with Gasteiger partial charge < -0.3 is 26.4 Å². The van der Waals surface area contributed by atoms with Gasteiger partial charge in [0.25, 0.3) is 0 Å². The predicted octanol–water partition coefficient (Wildman–Crippen LogP) is 0.822. The first-order valence-corrected chi connectivity index (χ1v) is 7.67. The van der Waals surface area contributed by atoms with Crippen LogP contribution < -0.4 is 16.2 Å². The molecule has 0 aliphatic carbocycles. The van der Waals surface area contributed by atoms with Crippen LogP contribution in [0.4, 0.5) is 0 Å². The minimum Gasteiger partial charge on any atom is -0.508 e. The van der Waals surface area contributed by atoms with E-state index in [2.05, 4.69) is 0 Å². The van der Waals surface area contributed by atoms with Gasteiger partial charge in [-0.3, -0.25) is 4.79 Å². The van der Waals surface area contributed by atoms with Crippen molar-refractivity contribution in [2.45, 2.75) is 24.9 Å². The van der Waals surface area contributed by atoms with Crippen molar-refractivity contribution >= 4 is 11.9 Å². The Morgan fingerprint density at radius 2 is 1.56 bits per heavy atom. The van der Waals surface area contributed by atoms with E-state index in [1.807, 2.05) is 0 Å². The van der Waals surface area contributed by atoms with Crippen LogP contribution in [0, 0.1) is 0 Å². The van der Waals surface area contributed by atoms with Gasteiger partial charge in [-0.2, -0.15) is 0 Å². The van der Waals surface area contributed by atoms with Gasteiger partial charge in [0.2, 0.25) is 0 Å². The number of esters is 1. The van der Waals surface area contributed by atoms with E-state index in [0.717, 1.165) is 0 Å². The molecule has 2 atom stereocenters. The van der Waals surface area contributed by atoms with E-state index in [-0.39, 0.29) is 24.3 Å². The van der Waals surface area contributed by atoms with Crippen LogP contribution in [0.1, 0.15) is 11.1 Å². The highest BCUT2D eigenvalue weighted by molar-refractivity contribution is 5.78. The van der Waals surface area contributed by atoms with E-state index in [4.69, 9.17) is 21.3 Å². The Kier molecular flexibility index (Phi) is 6.10. The predicted molar refractivity (Wildman–Crippen MR) is 91.2 cm³/mol. The number of carbonyl (C=O) groups excluding carboxylic acids is 1. The Morgan fingerprint density at radius 1 is 0.960 bits per heavy atom. The molecule has 2 aromatic carbocycles. The van der Waals surface area contributed by atoms with Crippen molar-refractivity contribution < 1.29 is 24.5 Å². The molecule has 0 fully saturated rings. The molecule has 0 unspecified atom stereocenters. The number of aromatic hydroxyl groups is 1. The molecule has 0 aliphatic rings. The quantitative estimate of drug-likeness (QED) is 0.431. The van der Waals surface area contributed by atoms with Crippen molar-refractivity contribution in [2.75, 3.05) is 0 Å². The second-order valence-corrected chi connectivity index (χ2v) is 5.70. The highest BCUT2D eigenvalue weighted by atomic mass is 16.5. The molecule has 7 nitrogen and oxygen atoms in total. The molecule has 0 heterocycles. The maximum Gasteiger partial charge on any atom is 0.328 e. The highest BCUT2D eigenvalue weighted by Crippen LogP contribution is 2.16. The lowest BCUT2D eigenvalue weighted by Gasteiger charge is -2.13. The topological polar surface area (TPSA) is 136 Å². The van der Waals surface area contributed by atoms with E-state index >= 15 is 0 Å². The molecule has 0 aliphatic heterocycles. The van der Waals surface area contributed by atoms with Crippen molar-refractivity contribution in [3.63, 3.8) is 0 Å². The number of aliphatic carboxylic acids is 1. The minimum atomic E-state index is -1.10. The largest absolute Gasteiger partial charge is 0.508 e. The summed E-state index contributed by atoms with van der Waals surface area (Å²) in [6, 6.07) is 11.0. The van der Waals surface area contributed by atoms with E-state index in [9.17, 15) is 14.7 Å². The molecular formula is C18H20N2O5. The van der Waals surface area contributed by atoms with Gasteiger partial charge in [0.15, 0.2) is 0 Å². The summed E-state index contributed by atoms with van der Waals surface area (Å²) in [5.74, 6) is -1.36. The summed E-state index contributed by atoms with van der Waals surface area (Å²) < 4.78 is 5.25. The molecule has 2 aromatic rings. The van der Waals surface area contributed by atoms with Crippen molar-refractivity contribution in [1.29, 1.82) is 0 Å². The standard InChI is InChI=1S/C18H20N2O5/c19-15(17(22)23)9-12-4-2-6-14(8-12)25-18(24)16(20)10-11-3-1-5-13(21)7-11/h1-8,15-16,21H,9-10,19-20H2,(H,22,23)/t15-,16-/m0/s1. The third kappa shape index (κ3) is 5.59. The second kappa shape index (κ2) is 8.27. The van der Waals surface area contributed by atoms with Gasteiger partial charge in [0.05, 0.1) is 0 Å². The zero-order chi connectivity index (χ0) is 18.4. The summed E-state index contributed by atoms with van der Waals surface area (Å²) in [5.41, 5.74) is 12.7. The number of nitrogens with two attached hydrogens (primary N) is 2. The molecule has 132 valence electrons. The highest BCUT2D eigenvalue weighted by Gasteiger charge is 2.18. The second-order valence-electron chi connectivity index (χ2n) is 5.70. The minimum absolute atomic E-state index is 0.0977. The van der Waals surface area contributed by atoms with Crippen molar-refractivity contribution in [3.8, 4) is 11.5 Å². The molecule has 0 spiro atoms. The van der Waals surface area contributed by atoms with Crippen LogP contribution in [0.25, 0.3) is 0 Å². The Hall–Kier alpha value is -2.90. The lowest BCUT2D eigenvalue weighted by molar-refractivity contribution is -0.138. The molecule has 0 aromatic heterocycles. The summed E-state index contributed by atoms with van der Waals surface area (Å²) in [5, 5.41) is 18.3. The van der Waals surface area contributed by atoms with Crippen LogP contribution in [-0.4, -0.2) is 34.2 Å². The van der Waals surface area contributed by atoms with Gasteiger partial charge >= 0.3 is 11.9 Å². The number of phenols is 1. The monoisotopic (exact) mass is 344 g/mol. The Balaban J connectivity index is 1.98. The first kappa shape index (κ1) is 18.4. The van der Waals surface area contributed by atoms with Crippen LogP contribution in [0.5, 0.6) is 11.5 Å². The zero-order valence-corrected chi connectivity index (χ0v) is 13.5. The van der Waals surface area contributed by atoms with Gasteiger partial charge in [0.1, 0.15) is 23.6 Å². The number of carboxylic acids is 1. The fourth-order valence-corrected chi connectivity index (χ4v) is 2.29. The first-order valence-electron chi connectivity index (χ1n) is 7.67. The Labute approximate surface area is 144 Å². The van der Waals surface area contributed by atoms with Gasteiger partial charge in [-0.15, -0.1) is 0 Å². The number of phenolic OH excluding ortho intramolecular Hbond substituents is 1. The molecule has 25 heavy (non-hydrogen) atoms. The number of carbonyl (C=O) groups is 2. The molecule has 0 bridgehead atoms. The van der Waals surface area contributed by atoms with Crippen LogP contribution in [-0.2, 0) is 22.4 Å². The number of hydrogen-bond donors (Lipinski definition) is 4. The summed E-state index contributed by atoms with van der Waals surface area (Å²) >= 11 is 0. The lowest BCUT2D eigenvalue weighted by Crippen LogP contribution is -2.36. The summed E-state index contributed by atoms with van der Waals surface area (Å²) in [6.45, 7) is 0. The zero-order valence-electron chi connectivity index (χ0n) is 13.5. The molecule has 2 rings (SSSR count). The van der Waals surface area contributed by atoms with E-state index < -0.39 is 24.0 Å². The maximum absolute atomic E-state index is 12.1. The van der Waals surface area contributed by atoms with E-state index in [0.29, 0.717) is 11.1 Å². The van der Waals surface area contributed by atoms with E-state index in [1.54, 1.807) is 36.4 Å². The lowest BCUT2D eigenvalue weighted by atomic mass is 10.1. The molecule has 6 N–H and O–H groups in total. The average Bonchev–Trinajstić information content (AvgIpc) is 2.55. The maximum atomic E-state index is 12.1. The first-order chi connectivity index (χ1) is 11.8. The van der Waals surface area contributed by atoms with Crippen molar-refractivity contribution in [2.24, 2.45) is 11.5 Å². The number of ether oxygens (including phenoxy) is 1. The summed E-state index contributed by atoms with van der Waals surface area (Å²) in [7, 11) is 0. The molecule has 0 radical (unpaired) electrons. The normalized spacial score (nSPS) is 13.0. The fourth-order valence-electron chi connectivity index (χ4n) is 2.29. The molecule has 7 heteroatoms. The van der Waals surface area contributed by atoms with Gasteiger partial charge in [0, 0.05) is 0 Å². The van der Waals surface area contributed by atoms with Crippen LogP contribution in [0.15, 0.2) is 48.5 Å². The number of carboxylic acid groups (broad SMARTS) is 1. The van der Waals surface area contributed by atoms with Crippen molar-refractivity contribution in [3.05, 3.63) is 59.7 Å². The number of hydrogen-bond acceptors (Lipinski definition) is 6. The Bertz CT molecular complexity index is 763. The number of rotatable bonds is 7. The van der Waals surface area contributed by atoms with Crippen LogP contribution in [0.3, 0.4) is 0 Å². The summed E-state index contributed by atoms with van der Waals surface area (Å²) in [6.07, 6.45) is 0.340. The molecule has 0 saturated carbocycles. The van der Waals surface area contributed by atoms with Crippen molar-refractivity contribution in [1.82, 2.24) is 0 Å². The third-order valence-corrected chi connectivity index (χ3v) is 3.56. The fraction of sp³-hybridized carbons (Fsp3) is 0.222. The van der Waals surface area contributed by atoms with Gasteiger partial charge in [-0.1, -0.05) is 24.3 Å². The van der Waals surface area contributed by atoms with E-state index in [1.165, 1.54) is 12.1 Å². The molecular weight excluding hydrogens is 324 g/mol. The van der Waals surface area contributed by atoms with Crippen LogP contribution in [0.2, 0.25) is 0 Å². The number of benzene rings is 2. The third-order valence-electron chi connectivity index (χ3n) is 3.56.